The van der Waals surface area contributed by atoms with Crippen LogP contribution in [0.4, 0.5) is 0 Å². The van der Waals surface area contributed by atoms with E-state index < -0.39 is 30.1 Å². The minimum atomic E-state index is -0.679. The van der Waals surface area contributed by atoms with E-state index in [1.165, 1.54) is 4.90 Å². The Hall–Kier alpha value is -2.57. The summed E-state index contributed by atoms with van der Waals surface area (Å²) in [5.41, 5.74) is 1.09. The number of hydrogen-bond acceptors (Lipinski definition) is 10. The SMILES string of the molecule is CCOC(=O)C(CCc1ccccc1)NC(C)C(=O)N1CCCC1C(=O)OCCCCCON(O)O. The zero-order chi connectivity index (χ0) is 26.3. The molecule has 11 heteroatoms. The lowest BCUT2D eigenvalue weighted by molar-refractivity contribution is -0.492. The van der Waals surface area contributed by atoms with E-state index in [-0.39, 0.29) is 31.1 Å². The van der Waals surface area contributed by atoms with Crippen molar-refractivity contribution < 1.29 is 39.1 Å². The molecule has 1 aliphatic rings. The van der Waals surface area contributed by atoms with E-state index in [0.29, 0.717) is 51.5 Å². The van der Waals surface area contributed by atoms with E-state index in [4.69, 9.17) is 19.9 Å². The second-order valence-corrected chi connectivity index (χ2v) is 8.72. The van der Waals surface area contributed by atoms with Gasteiger partial charge in [0.25, 0.3) is 0 Å². The van der Waals surface area contributed by atoms with Crippen LogP contribution >= 0.6 is 0 Å². The highest BCUT2D eigenvalue weighted by atomic mass is 17.1. The highest BCUT2D eigenvalue weighted by Crippen LogP contribution is 2.20. The van der Waals surface area contributed by atoms with Crippen molar-refractivity contribution in [3.8, 4) is 0 Å². The van der Waals surface area contributed by atoms with Gasteiger partial charge in [0.1, 0.15) is 12.1 Å². The molecule has 202 valence electrons. The molecule has 0 saturated carbocycles. The number of ether oxygens (including phenoxy) is 2. The van der Waals surface area contributed by atoms with Crippen LogP contribution < -0.4 is 5.32 Å². The number of amides is 1. The summed E-state index contributed by atoms with van der Waals surface area (Å²) in [6.07, 6.45) is 4.19. The van der Waals surface area contributed by atoms with Crippen molar-refractivity contribution >= 4 is 17.8 Å². The lowest BCUT2D eigenvalue weighted by Gasteiger charge is -2.28. The molecule has 1 heterocycles. The minimum Gasteiger partial charge on any atom is -0.465 e. The predicted molar refractivity (Wildman–Crippen MR) is 129 cm³/mol. The molecule has 11 nitrogen and oxygen atoms in total. The van der Waals surface area contributed by atoms with Crippen molar-refractivity contribution in [2.24, 2.45) is 0 Å². The van der Waals surface area contributed by atoms with Crippen LogP contribution in [0.3, 0.4) is 0 Å². The Morgan fingerprint density at radius 3 is 2.53 bits per heavy atom. The van der Waals surface area contributed by atoms with E-state index in [2.05, 4.69) is 10.2 Å². The first-order valence-corrected chi connectivity index (χ1v) is 12.6. The number of esters is 2. The summed E-state index contributed by atoms with van der Waals surface area (Å²) < 4.78 is 10.6. The van der Waals surface area contributed by atoms with Gasteiger partial charge in [-0.3, -0.25) is 30.2 Å². The standard InChI is InChI=1S/C25H39N3O8/c1-3-34-24(30)21(15-14-20-11-6-4-7-12-20)26-19(2)23(29)27-16-10-13-22(27)25(31)35-17-8-5-9-18-36-28(32)33/h4,6-7,11-12,19,21-22,26,32-33H,3,5,8-10,13-18H2,1-2H3. The predicted octanol–water partition coefficient (Wildman–Crippen LogP) is 2.25. The lowest BCUT2D eigenvalue weighted by Crippen LogP contribution is -2.53. The molecule has 1 aromatic rings. The Bertz CT molecular complexity index is 808. The van der Waals surface area contributed by atoms with Gasteiger partial charge in [0, 0.05) is 6.54 Å². The average Bonchev–Trinajstić information content (AvgIpc) is 3.36. The number of hydrogen-bond donors (Lipinski definition) is 3. The highest BCUT2D eigenvalue weighted by molar-refractivity contribution is 5.88. The molecule has 0 aliphatic carbocycles. The van der Waals surface area contributed by atoms with Gasteiger partial charge in [-0.15, -0.1) is 0 Å². The van der Waals surface area contributed by atoms with Gasteiger partial charge >= 0.3 is 11.9 Å². The van der Waals surface area contributed by atoms with Crippen molar-refractivity contribution in [2.75, 3.05) is 26.4 Å². The monoisotopic (exact) mass is 509 g/mol. The quantitative estimate of drug-likeness (QED) is 0.173. The maximum Gasteiger partial charge on any atom is 0.328 e. The van der Waals surface area contributed by atoms with Crippen LogP contribution in [0.15, 0.2) is 30.3 Å². The molecule has 0 bridgehead atoms. The van der Waals surface area contributed by atoms with Crippen LogP contribution in [-0.2, 0) is 35.1 Å². The summed E-state index contributed by atoms with van der Waals surface area (Å²) >= 11 is 0. The topological polar surface area (TPSA) is 138 Å². The van der Waals surface area contributed by atoms with Crippen LogP contribution in [0.5, 0.6) is 0 Å². The van der Waals surface area contributed by atoms with Crippen LogP contribution in [0.1, 0.15) is 57.9 Å². The fourth-order valence-corrected chi connectivity index (χ4v) is 4.16. The van der Waals surface area contributed by atoms with Gasteiger partial charge in [-0.25, -0.2) is 4.79 Å². The molecular formula is C25H39N3O8. The molecule has 1 saturated heterocycles. The fourth-order valence-electron chi connectivity index (χ4n) is 4.16. The maximum absolute atomic E-state index is 13.2. The Morgan fingerprint density at radius 2 is 1.83 bits per heavy atom. The van der Waals surface area contributed by atoms with Crippen molar-refractivity contribution in [2.45, 2.75) is 76.9 Å². The number of nitrogens with zero attached hydrogens (tertiary/aromatic N) is 2. The lowest BCUT2D eigenvalue weighted by atomic mass is 10.0. The maximum atomic E-state index is 13.2. The van der Waals surface area contributed by atoms with Crippen molar-refractivity contribution in [3.63, 3.8) is 0 Å². The smallest absolute Gasteiger partial charge is 0.328 e. The van der Waals surface area contributed by atoms with Crippen LogP contribution in [0.25, 0.3) is 0 Å². The molecule has 3 atom stereocenters. The van der Waals surface area contributed by atoms with E-state index in [1.54, 1.807) is 13.8 Å². The van der Waals surface area contributed by atoms with E-state index in [0.717, 1.165) is 5.56 Å². The summed E-state index contributed by atoms with van der Waals surface area (Å²) in [7, 11) is 0. The van der Waals surface area contributed by atoms with Crippen molar-refractivity contribution in [1.29, 1.82) is 0 Å². The highest BCUT2D eigenvalue weighted by Gasteiger charge is 2.38. The molecule has 0 aromatic heterocycles. The molecule has 1 aromatic carbocycles. The third kappa shape index (κ3) is 10.2. The molecule has 1 aliphatic heterocycles. The first-order valence-electron chi connectivity index (χ1n) is 12.6. The normalized spacial score (nSPS) is 17.1. The third-order valence-electron chi connectivity index (χ3n) is 6.00. The van der Waals surface area contributed by atoms with Crippen LogP contribution in [-0.4, -0.2) is 83.0 Å². The summed E-state index contributed by atoms with van der Waals surface area (Å²) in [6, 6.07) is 7.82. The molecule has 1 fully saturated rings. The Kier molecular flexibility index (Phi) is 13.4. The Morgan fingerprint density at radius 1 is 1.11 bits per heavy atom. The van der Waals surface area contributed by atoms with E-state index in [9.17, 15) is 14.4 Å². The van der Waals surface area contributed by atoms with E-state index in [1.807, 2.05) is 30.3 Å². The van der Waals surface area contributed by atoms with Crippen molar-refractivity contribution in [1.82, 2.24) is 15.6 Å². The van der Waals surface area contributed by atoms with Gasteiger partial charge in [0.15, 0.2) is 0 Å². The summed E-state index contributed by atoms with van der Waals surface area (Å²) in [6.45, 7) is 4.48. The Balaban J connectivity index is 1.85. The van der Waals surface area contributed by atoms with Gasteiger partial charge in [-0.2, -0.15) is 0 Å². The molecule has 0 radical (unpaired) electrons. The number of aryl methyl sites for hydroxylation is 1. The fraction of sp³-hybridized carbons (Fsp3) is 0.640. The largest absolute Gasteiger partial charge is 0.465 e. The second kappa shape index (κ2) is 16.2. The van der Waals surface area contributed by atoms with Gasteiger partial charge in [0.2, 0.25) is 5.91 Å². The van der Waals surface area contributed by atoms with Crippen LogP contribution in [0, 0.1) is 0 Å². The summed E-state index contributed by atoms with van der Waals surface area (Å²) in [5.74, 6) is -1.09. The zero-order valence-corrected chi connectivity index (χ0v) is 21.1. The molecular weight excluding hydrogens is 470 g/mol. The second-order valence-electron chi connectivity index (χ2n) is 8.72. The van der Waals surface area contributed by atoms with Gasteiger partial charge in [0.05, 0.1) is 31.3 Å². The van der Waals surface area contributed by atoms with Gasteiger partial charge in [-0.1, -0.05) is 30.3 Å². The molecule has 2 rings (SSSR count). The zero-order valence-electron chi connectivity index (χ0n) is 21.1. The first kappa shape index (κ1) is 29.7. The summed E-state index contributed by atoms with van der Waals surface area (Å²) in [4.78, 5) is 44.4. The molecule has 36 heavy (non-hydrogen) atoms. The number of carbonyl (C=O) groups is 3. The minimum absolute atomic E-state index is 0.134. The average molecular weight is 510 g/mol. The number of rotatable bonds is 16. The van der Waals surface area contributed by atoms with Gasteiger partial charge in [-0.05, 0) is 64.4 Å². The molecule has 3 N–H and O–H groups in total. The Labute approximate surface area is 212 Å². The third-order valence-corrected chi connectivity index (χ3v) is 6.00. The molecule has 1 amide bonds. The number of likely N-dealkylation sites (tertiary alicyclic amines) is 1. The molecule has 3 unspecified atom stereocenters. The first-order chi connectivity index (χ1) is 17.3. The van der Waals surface area contributed by atoms with Crippen molar-refractivity contribution in [3.05, 3.63) is 35.9 Å². The number of benzene rings is 1. The van der Waals surface area contributed by atoms with Crippen LogP contribution in [0.2, 0.25) is 0 Å². The molecule has 0 spiro atoms. The number of carbonyl (C=O) groups excluding carboxylic acids is 3. The van der Waals surface area contributed by atoms with E-state index >= 15 is 0 Å². The summed E-state index contributed by atoms with van der Waals surface area (Å²) in [5, 5.41) is 19.7. The number of unbranched alkanes of at least 4 members (excludes halogenated alkanes) is 2. The number of nitrogens with one attached hydrogen (secondary N) is 1. The van der Waals surface area contributed by atoms with Gasteiger partial charge < -0.3 is 14.4 Å².